The van der Waals surface area contributed by atoms with Gasteiger partial charge in [0, 0.05) is 75.1 Å². The van der Waals surface area contributed by atoms with Crippen molar-refractivity contribution in [1.29, 1.82) is 0 Å². The summed E-state index contributed by atoms with van der Waals surface area (Å²) in [6.07, 6.45) is 3.18. The Labute approximate surface area is 421 Å². The molecule has 2 aromatic carbocycles. The molecule has 4 heterocycles. The van der Waals surface area contributed by atoms with E-state index in [4.69, 9.17) is 21.1 Å². The second-order valence-corrected chi connectivity index (χ2v) is 21.5. The molecule has 378 valence electrons. The minimum atomic E-state index is -0.855. The smallest absolute Gasteiger partial charge is 0.243 e. The van der Waals surface area contributed by atoms with Gasteiger partial charge in [0.25, 0.3) is 0 Å². The molecule has 2 aromatic heterocycles. The van der Waals surface area contributed by atoms with Crippen molar-refractivity contribution in [2.45, 2.75) is 123 Å². The molecule has 3 N–H and O–H groups in total. The number of aliphatic hydroxyl groups is 2. The van der Waals surface area contributed by atoms with E-state index < -0.39 is 29.6 Å². The lowest BCUT2D eigenvalue weighted by Gasteiger charge is -2.38. The number of hydrogen-bond acceptors (Lipinski definition) is 13. The van der Waals surface area contributed by atoms with Crippen molar-refractivity contribution in [2.24, 2.45) is 11.3 Å². The number of rotatable bonds is 21. The second-order valence-electron chi connectivity index (χ2n) is 20.2. The fourth-order valence-corrected chi connectivity index (χ4v) is 10.9. The highest BCUT2D eigenvalue weighted by Crippen LogP contribution is 2.43. The zero-order valence-electron chi connectivity index (χ0n) is 41.4. The quantitative estimate of drug-likeness (QED) is 0.0696. The third kappa shape index (κ3) is 13.2. The molecule has 4 aromatic rings. The zero-order valence-corrected chi connectivity index (χ0v) is 43.0. The maximum Gasteiger partial charge on any atom is 0.243 e. The molecule has 7 atom stereocenters. The minimum Gasteiger partial charge on any atom is -0.391 e. The number of hydrogen-bond donors (Lipinski definition) is 3. The molecule has 2 aliphatic heterocycles. The number of unbranched alkanes of at least 4 members (excludes halogenated alkanes) is 1. The Morgan fingerprint density at radius 3 is 2.23 bits per heavy atom. The number of β-amino-alcohol motifs (C(OH)–C–C–N with tert-alkyl or cyclic N) is 1. The molecule has 0 saturated carbocycles. The Morgan fingerprint density at radius 1 is 0.871 bits per heavy atom. The van der Waals surface area contributed by atoms with E-state index in [-0.39, 0.29) is 73.8 Å². The maximum absolute atomic E-state index is 14.2. The van der Waals surface area contributed by atoms with Crippen molar-refractivity contribution in [3.8, 4) is 10.4 Å². The van der Waals surface area contributed by atoms with Crippen molar-refractivity contribution < 1.29 is 38.9 Å². The summed E-state index contributed by atoms with van der Waals surface area (Å²) < 4.78 is 11.6. The van der Waals surface area contributed by atoms with Crippen LogP contribution >= 0.6 is 22.9 Å². The maximum atomic E-state index is 14.2. The number of nitrogens with one attached hydrogen (secondary N) is 1. The van der Waals surface area contributed by atoms with E-state index in [1.54, 1.807) is 11.3 Å². The molecular weight excluding hydrogens is 930 g/mol. The molecule has 3 aliphatic rings. The number of piperazine rings is 1. The number of aliphatic hydroxyl groups excluding tert-OH is 2. The monoisotopic (exact) mass is 999 g/mol. The van der Waals surface area contributed by atoms with Gasteiger partial charge in [-0.3, -0.25) is 19.2 Å². The van der Waals surface area contributed by atoms with Crippen LogP contribution in [0.1, 0.15) is 132 Å². The van der Waals surface area contributed by atoms with Crippen molar-refractivity contribution in [3.05, 3.63) is 93.5 Å². The largest absolute Gasteiger partial charge is 0.391 e. The van der Waals surface area contributed by atoms with Crippen molar-refractivity contribution >= 4 is 52.3 Å². The molecule has 2 fully saturated rings. The molecule has 0 bridgehead atoms. The van der Waals surface area contributed by atoms with Crippen LogP contribution in [0, 0.1) is 18.3 Å². The Bertz CT molecular complexity index is 2400. The average Bonchev–Trinajstić information content (AvgIpc) is 4.04. The van der Waals surface area contributed by atoms with Gasteiger partial charge in [-0.2, -0.15) is 0 Å². The number of ether oxygens (including phenoxy) is 2. The molecule has 15 nitrogen and oxygen atoms in total. The minimum absolute atomic E-state index is 0.00334. The Hall–Kier alpha value is -4.84. The number of Topliss-reactive ketones (excluding diaryl/α,β-unsaturated/α-hetero) is 1. The summed E-state index contributed by atoms with van der Waals surface area (Å²) in [5.41, 5.74) is 6.84. The number of benzene rings is 2. The number of aryl methyl sites for hydroxylation is 1. The summed E-state index contributed by atoms with van der Waals surface area (Å²) in [6.45, 7) is 15.5. The van der Waals surface area contributed by atoms with Gasteiger partial charge in [0.15, 0.2) is 0 Å². The van der Waals surface area contributed by atoms with Crippen LogP contribution in [0.3, 0.4) is 0 Å². The van der Waals surface area contributed by atoms with Crippen molar-refractivity contribution in [1.82, 2.24) is 30.1 Å². The molecule has 1 aliphatic carbocycles. The van der Waals surface area contributed by atoms with Crippen molar-refractivity contribution in [3.63, 3.8) is 0 Å². The molecule has 0 spiro atoms. The Morgan fingerprint density at radius 2 is 1.56 bits per heavy atom. The van der Waals surface area contributed by atoms with E-state index in [1.807, 2.05) is 93.6 Å². The number of carbonyl (C=O) groups excluding carboxylic acids is 4. The van der Waals surface area contributed by atoms with E-state index in [0.717, 1.165) is 51.5 Å². The number of anilines is 1. The summed E-state index contributed by atoms with van der Waals surface area (Å²) in [5, 5.41) is 24.8. The van der Waals surface area contributed by atoms with E-state index in [0.29, 0.717) is 69.6 Å². The molecule has 0 radical (unpaired) electrons. The second kappa shape index (κ2) is 24.1. The Balaban J connectivity index is 0.811. The molecule has 0 unspecified atom stereocenters. The first-order valence-electron chi connectivity index (χ1n) is 24.8. The standard InChI is InChI=1S/C53H70ClN7O8S/c1-33-27-45(64)47-46(33)49(56-31-55-47)59-19-21-60(22-20-59)51(66)42(37-14-16-39(54)17-15-37)9-7-8-23-68-25-26-69-24-18-40(62)28-43(53(4,5)6)52(67)61-30-41(63)29-44(61)50(65)58-34(2)36-10-12-38(13-11-36)48-35(3)57-32-70-48/h10-17,31-34,41-45,63-64H,7-9,18-30H2,1-6H3,(H,58,65)/t33-,34+,41-,42-,43-,44+,45-/m1/s1. The predicted molar refractivity (Wildman–Crippen MR) is 271 cm³/mol. The van der Waals surface area contributed by atoms with Gasteiger partial charge in [-0.05, 0) is 73.3 Å². The first kappa shape index (κ1) is 53.0. The van der Waals surface area contributed by atoms with Gasteiger partial charge >= 0.3 is 0 Å². The van der Waals surface area contributed by atoms with Gasteiger partial charge < -0.3 is 39.7 Å². The SMILES string of the molecule is Cc1ncsc1-c1ccc([C@H](C)NC(=O)[C@@H]2C[C@@H](O)CN2C(=O)[C@@H](CC(=O)CCOCCOCCCC[C@@H](C(=O)N2CCN(c3ncnc4c3[C@H](C)C[C@H]4O)CC2)c2ccc(Cl)cc2)C(C)(C)C)cc1. The highest BCUT2D eigenvalue weighted by molar-refractivity contribution is 7.13. The number of ketones is 1. The molecule has 70 heavy (non-hydrogen) atoms. The highest BCUT2D eigenvalue weighted by Gasteiger charge is 2.45. The highest BCUT2D eigenvalue weighted by atomic mass is 35.5. The summed E-state index contributed by atoms with van der Waals surface area (Å²) >= 11 is 7.80. The van der Waals surface area contributed by atoms with Crippen LogP contribution in [0.15, 0.2) is 60.4 Å². The van der Waals surface area contributed by atoms with Gasteiger partial charge in [0.2, 0.25) is 17.7 Å². The van der Waals surface area contributed by atoms with E-state index in [2.05, 4.69) is 32.1 Å². The molecule has 3 amide bonds. The zero-order chi connectivity index (χ0) is 50.1. The van der Waals surface area contributed by atoms with Crippen molar-refractivity contribution in [2.75, 3.05) is 64.1 Å². The van der Waals surface area contributed by atoms with E-state index >= 15 is 0 Å². The lowest BCUT2D eigenvalue weighted by molar-refractivity contribution is -0.146. The van der Waals surface area contributed by atoms with Gasteiger partial charge in [-0.1, -0.05) is 82.1 Å². The van der Waals surface area contributed by atoms with Crippen LogP contribution in [-0.2, 0) is 28.7 Å². The van der Waals surface area contributed by atoms with E-state index in [1.165, 1.54) is 11.2 Å². The number of aromatic nitrogens is 3. The summed E-state index contributed by atoms with van der Waals surface area (Å²) in [5.74, 6) is -0.661. The number of fused-ring (bicyclic) bond motifs is 1. The van der Waals surface area contributed by atoms with Crippen LogP contribution in [0.25, 0.3) is 10.4 Å². The van der Waals surface area contributed by atoms with Crippen LogP contribution in [0.2, 0.25) is 5.02 Å². The van der Waals surface area contributed by atoms with Crippen LogP contribution < -0.4 is 10.2 Å². The van der Waals surface area contributed by atoms with Crippen LogP contribution in [-0.4, -0.2) is 130 Å². The summed E-state index contributed by atoms with van der Waals surface area (Å²) in [4.78, 5) is 75.3. The number of likely N-dealkylation sites (tertiary alicyclic amines) is 1. The third-order valence-corrected chi connectivity index (χ3v) is 15.3. The molecule has 2 saturated heterocycles. The van der Waals surface area contributed by atoms with Gasteiger partial charge in [0.05, 0.1) is 65.8 Å². The normalized spacial score (nSPS) is 20.6. The molecule has 7 rings (SSSR count). The third-order valence-electron chi connectivity index (χ3n) is 14.1. The lowest BCUT2D eigenvalue weighted by atomic mass is 9.76. The van der Waals surface area contributed by atoms with Gasteiger partial charge in [0.1, 0.15) is 24.0 Å². The van der Waals surface area contributed by atoms with Crippen LogP contribution in [0.4, 0.5) is 5.82 Å². The first-order valence-corrected chi connectivity index (χ1v) is 26.0. The predicted octanol–water partition coefficient (Wildman–Crippen LogP) is 7.59. The summed E-state index contributed by atoms with van der Waals surface area (Å²) in [7, 11) is 0. The Kier molecular flexibility index (Phi) is 18.2. The summed E-state index contributed by atoms with van der Waals surface area (Å²) in [6, 6.07) is 14.3. The number of thiazole rings is 1. The fraction of sp³-hybridized carbons (Fsp3) is 0.566. The van der Waals surface area contributed by atoms with Gasteiger partial charge in [-0.15, -0.1) is 11.3 Å². The molecule has 17 heteroatoms. The lowest BCUT2D eigenvalue weighted by Crippen LogP contribution is -2.50. The number of halogens is 1. The first-order chi connectivity index (χ1) is 33.5. The van der Waals surface area contributed by atoms with Crippen LogP contribution in [0.5, 0.6) is 0 Å². The van der Waals surface area contributed by atoms with E-state index in [9.17, 15) is 29.4 Å². The van der Waals surface area contributed by atoms with Gasteiger partial charge in [-0.25, -0.2) is 15.0 Å². The number of carbonyl (C=O) groups is 4. The average molecular weight is 1000 g/mol. The topological polar surface area (TPSA) is 188 Å². The fourth-order valence-electron chi connectivity index (χ4n) is 10.00. The number of amides is 3. The number of nitrogens with zero attached hydrogens (tertiary/aromatic N) is 6. The molecular formula is C53H70ClN7O8S.